The van der Waals surface area contributed by atoms with Crippen LogP contribution in [-0.2, 0) is 14.9 Å². The Hall–Kier alpha value is -0.620. The zero-order valence-corrected chi connectivity index (χ0v) is 15.3. The molecule has 0 spiro atoms. The molecule has 1 saturated heterocycles. The molecule has 1 heterocycles. The number of benzene rings is 1. The van der Waals surface area contributed by atoms with E-state index in [9.17, 15) is 4.79 Å². The maximum absolute atomic E-state index is 11.9. The Morgan fingerprint density at radius 3 is 2.50 bits per heavy atom. The second kappa shape index (κ2) is 9.50. The second-order valence-electron chi connectivity index (χ2n) is 5.53. The van der Waals surface area contributed by atoms with E-state index < -0.39 is 0 Å². The lowest BCUT2D eigenvalue weighted by Gasteiger charge is -2.38. The Kier molecular flexibility index (Phi) is 8.39. The fourth-order valence-corrected chi connectivity index (χ4v) is 2.99. The molecule has 0 unspecified atom stereocenters. The number of rotatable bonds is 6. The molecule has 22 heavy (non-hydrogen) atoms. The van der Waals surface area contributed by atoms with E-state index in [1.54, 1.807) is 0 Å². The number of halogens is 2. The van der Waals surface area contributed by atoms with Crippen molar-refractivity contribution in [1.29, 1.82) is 0 Å². The fourth-order valence-electron chi connectivity index (χ4n) is 2.73. The third-order valence-corrected chi connectivity index (χ3v) is 4.66. The molecule has 1 aliphatic rings. The summed E-state index contributed by atoms with van der Waals surface area (Å²) in [6, 6.07) is 8.43. The van der Waals surface area contributed by atoms with Gasteiger partial charge < -0.3 is 15.4 Å². The Morgan fingerprint density at radius 2 is 1.91 bits per heavy atom. The van der Waals surface area contributed by atoms with Crippen LogP contribution in [0.25, 0.3) is 0 Å². The van der Waals surface area contributed by atoms with Gasteiger partial charge in [-0.1, -0.05) is 28.1 Å². The molecule has 0 aromatic heterocycles. The van der Waals surface area contributed by atoms with Crippen LogP contribution in [-0.4, -0.2) is 39.3 Å². The summed E-state index contributed by atoms with van der Waals surface area (Å²) in [6.07, 6.45) is 2.41. The smallest absolute Gasteiger partial charge is 0.221 e. The molecule has 0 atom stereocenters. The van der Waals surface area contributed by atoms with Crippen molar-refractivity contribution in [2.24, 2.45) is 0 Å². The van der Waals surface area contributed by atoms with Crippen LogP contribution >= 0.6 is 28.3 Å². The van der Waals surface area contributed by atoms with Crippen LogP contribution in [0.3, 0.4) is 0 Å². The first-order valence-corrected chi connectivity index (χ1v) is 8.21. The number of amides is 1. The number of ether oxygens (including phenoxy) is 1. The van der Waals surface area contributed by atoms with Gasteiger partial charge in [0.05, 0.1) is 0 Å². The predicted molar refractivity (Wildman–Crippen MR) is 94.7 cm³/mol. The molecule has 1 aromatic rings. The number of nitrogens with one attached hydrogen (secondary N) is 2. The number of carbonyl (C=O) groups is 1. The van der Waals surface area contributed by atoms with Crippen LogP contribution in [0.15, 0.2) is 28.7 Å². The molecule has 1 aromatic carbocycles. The van der Waals surface area contributed by atoms with E-state index in [1.165, 1.54) is 5.56 Å². The summed E-state index contributed by atoms with van der Waals surface area (Å²) in [5.41, 5.74) is 1.27. The van der Waals surface area contributed by atoms with Gasteiger partial charge >= 0.3 is 0 Å². The van der Waals surface area contributed by atoms with Crippen molar-refractivity contribution >= 4 is 34.2 Å². The molecule has 1 fully saturated rings. The predicted octanol–water partition coefficient (Wildman–Crippen LogP) is 2.64. The van der Waals surface area contributed by atoms with E-state index in [-0.39, 0.29) is 23.7 Å². The molecule has 0 aliphatic carbocycles. The average molecular weight is 392 g/mol. The lowest BCUT2D eigenvalue weighted by atomic mass is 9.74. The van der Waals surface area contributed by atoms with Gasteiger partial charge in [0.15, 0.2) is 0 Å². The van der Waals surface area contributed by atoms with E-state index in [4.69, 9.17) is 4.74 Å². The zero-order valence-electron chi connectivity index (χ0n) is 12.9. The molecule has 4 nitrogen and oxygen atoms in total. The van der Waals surface area contributed by atoms with E-state index in [2.05, 4.69) is 50.8 Å². The molecule has 1 amide bonds. The Bertz CT molecular complexity index is 462. The lowest BCUT2D eigenvalue weighted by molar-refractivity contribution is -0.121. The van der Waals surface area contributed by atoms with Gasteiger partial charge in [-0.3, -0.25) is 4.79 Å². The maximum Gasteiger partial charge on any atom is 0.221 e. The summed E-state index contributed by atoms with van der Waals surface area (Å²) >= 11 is 3.48. The molecular formula is C16H24BrClN2O2. The van der Waals surface area contributed by atoms with Crippen molar-refractivity contribution < 1.29 is 9.53 Å². The van der Waals surface area contributed by atoms with Crippen molar-refractivity contribution in [1.82, 2.24) is 10.6 Å². The summed E-state index contributed by atoms with van der Waals surface area (Å²) in [5, 5.41) is 6.09. The minimum absolute atomic E-state index is 0. The van der Waals surface area contributed by atoms with E-state index in [1.807, 2.05) is 7.05 Å². The van der Waals surface area contributed by atoms with Gasteiger partial charge in [-0.2, -0.15) is 0 Å². The molecule has 2 N–H and O–H groups in total. The van der Waals surface area contributed by atoms with Crippen LogP contribution < -0.4 is 10.6 Å². The third kappa shape index (κ3) is 5.23. The SMILES string of the molecule is CNCCC(=O)NCC1(c2ccc(Br)cc2)CCOCC1.Cl. The lowest BCUT2D eigenvalue weighted by Crippen LogP contribution is -2.44. The number of hydrogen-bond donors (Lipinski definition) is 2. The summed E-state index contributed by atoms with van der Waals surface area (Å²) in [7, 11) is 1.86. The largest absolute Gasteiger partial charge is 0.381 e. The second-order valence-corrected chi connectivity index (χ2v) is 6.45. The fraction of sp³-hybridized carbons (Fsp3) is 0.562. The maximum atomic E-state index is 11.9. The quantitative estimate of drug-likeness (QED) is 0.784. The van der Waals surface area contributed by atoms with Gasteiger partial charge in [0, 0.05) is 42.6 Å². The topological polar surface area (TPSA) is 50.4 Å². The Balaban J connectivity index is 0.00000242. The highest BCUT2D eigenvalue weighted by Crippen LogP contribution is 2.34. The van der Waals surface area contributed by atoms with Gasteiger partial charge in [0.2, 0.25) is 5.91 Å². The first-order valence-electron chi connectivity index (χ1n) is 7.41. The van der Waals surface area contributed by atoms with E-state index >= 15 is 0 Å². The van der Waals surface area contributed by atoms with E-state index in [0.29, 0.717) is 19.5 Å². The van der Waals surface area contributed by atoms with Crippen LogP contribution in [0.5, 0.6) is 0 Å². The van der Waals surface area contributed by atoms with Crippen LogP contribution in [0.2, 0.25) is 0 Å². The van der Waals surface area contributed by atoms with Crippen molar-refractivity contribution in [3.05, 3.63) is 34.3 Å². The zero-order chi connectivity index (χ0) is 15.1. The standard InChI is InChI=1S/C16H23BrN2O2.ClH/c1-18-9-6-15(20)19-12-16(7-10-21-11-8-16)13-2-4-14(17)5-3-13;/h2-5,18H,6-12H2,1H3,(H,19,20);1H. The van der Waals surface area contributed by atoms with E-state index in [0.717, 1.165) is 30.5 Å². The summed E-state index contributed by atoms with van der Waals surface area (Å²) in [5.74, 6) is 0.104. The average Bonchev–Trinajstić information content (AvgIpc) is 2.52. The first kappa shape index (κ1) is 19.4. The van der Waals surface area contributed by atoms with Crippen LogP contribution in [0.4, 0.5) is 0 Å². The molecule has 2 rings (SSSR count). The molecule has 0 bridgehead atoms. The van der Waals surface area contributed by atoms with Crippen molar-refractivity contribution in [3.63, 3.8) is 0 Å². The minimum Gasteiger partial charge on any atom is -0.381 e. The van der Waals surface area contributed by atoms with Gasteiger partial charge in [-0.15, -0.1) is 12.4 Å². The van der Waals surface area contributed by atoms with Gasteiger partial charge in [0.1, 0.15) is 0 Å². The Labute approximate surface area is 146 Å². The summed E-state index contributed by atoms with van der Waals surface area (Å²) < 4.78 is 6.59. The van der Waals surface area contributed by atoms with Crippen molar-refractivity contribution in [3.8, 4) is 0 Å². The highest BCUT2D eigenvalue weighted by atomic mass is 79.9. The van der Waals surface area contributed by atoms with Gasteiger partial charge in [-0.25, -0.2) is 0 Å². The number of hydrogen-bond acceptors (Lipinski definition) is 3. The van der Waals surface area contributed by atoms with Gasteiger partial charge in [0.25, 0.3) is 0 Å². The highest BCUT2D eigenvalue weighted by molar-refractivity contribution is 9.10. The summed E-state index contributed by atoms with van der Waals surface area (Å²) in [4.78, 5) is 11.9. The molecule has 124 valence electrons. The molecule has 0 saturated carbocycles. The highest BCUT2D eigenvalue weighted by Gasteiger charge is 2.34. The molecule has 0 radical (unpaired) electrons. The summed E-state index contributed by atoms with van der Waals surface area (Å²) in [6.45, 7) is 2.89. The minimum atomic E-state index is -0.00570. The Morgan fingerprint density at radius 1 is 1.27 bits per heavy atom. The molecular weight excluding hydrogens is 368 g/mol. The first-order chi connectivity index (χ1) is 10.2. The third-order valence-electron chi connectivity index (χ3n) is 4.13. The van der Waals surface area contributed by atoms with Crippen molar-refractivity contribution in [2.45, 2.75) is 24.7 Å². The molecule has 1 aliphatic heterocycles. The van der Waals surface area contributed by atoms with Crippen molar-refractivity contribution in [2.75, 3.05) is 33.4 Å². The van der Waals surface area contributed by atoms with Crippen LogP contribution in [0, 0.1) is 0 Å². The normalized spacial score (nSPS) is 16.6. The molecule has 6 heteroatoms. The van der Waals surface area contributed by atoms with Gasteiger partial charge in [-0.05, 0) is 37.6 Å². The monoisotopic (exact) mass is 390 g/mol. The van der Waals surface area contributed by atoms with Crippen LogP contribution in [0.1, 0.15) is 24.8 Å². The number of carbonyl (C=O) groups excluding carboxylic acids is 1.